The van der Waals surface area contributed by atoms with Crippen LogP contribution < -0.4 is 0 Å². The summed E-state index contributed by atoms with van der Waals surface area (Å²) in [6.45, 7) is 0. The zero-order valence-corrected chi connectivity index (χ0v) is 6.52. The quantitative estimate of drug-likeness (QED) is 0.593. The fourth-order valence-corrected chi connectivity index (χ4v) is 1.17. The van der Waals surface area contributed by atoms with Gasteiger partial charge in [0.15, 0.2) is 5.95 Å². The smallest absolute Gasteiger partial charge is 0.194 e. The predicted octanol–water partition coefficient (Wildman–Crippen LogP) is 1.77. The van der Waals surface area contributed by atoms with Gasteiger partial charge in [-0.15, -0.1) is 0 Å². The van der Waals surface area contributed by atoms with Crippen molar-refractivity contribution in [2.75, 3.05) is 0 Å². The molecule has 0 fully saturated rings. The fourth-order valence-electron chi connectivity index (χ4n) is 0.500. The Labute approximate surface area is 60.6 Å². The van der Waals surface area contributed by atoms with Gasteiger partial charge >= 0.3 is 0 Å². The van der Waals surface area contributed by atoms with E-state index in [4.69, 9.17) is 0 Å². The highest BCUT2D eigenvalue weighted by molar-refractivity contribution is 14.1. The van der Waals surface area contributed by atoms with Gasteiger partial charge in [0, 0.05) is 22.9 Å². The average Bonchev–Trinajstić information content (AvgIpc) is 1.85. The number of nitrogens with zero attached hydrogens (tertiary/aromatic N) is 1. The van der Waals surface area contributed by atoms with Gasteiger partial charge in [-0.25, -0.2) is 0 Å². The van der Waals surface area contributed by atoms with Crippen LogP contribution in [-0.4, -0.2) is 4.57 Å². The van der Waals surface area contributed by atoms with Crippen LogP contribution in [0.15, 0.2) is 12.3 Å². The summed E-state index contributed by atoms with van der Waals surface area (Å²) in [6.07, 6.45) is 1.73. The Kier molecular flexibility index (Phi) is 1.55. The molecule has 1 aromatic rings. The summed E-state index contributed by atoms with van der Waals surface area (Å²) in [4.78, 5) is 0. The molecule has 0 aliphatic carbocycles. The molecule has 0 bridgehead atoms. The zero-order valence-electron chi connectivity index (χ0n) is 4.36. The van der Waals surface area contributed by atoms with Crippen molar-refractivity contribution in [2.24, 2.45) is 7.05 Å². The number of hydrogen-bond acceptors (Lipinski definition) is 0. The number of aromatic nitrogens is 1. The van der Waals surface area contributed by atoms with E-state index in [0.717, 1.165) is 3.57 Å². The van der Waals surface area contributed by atoms with Crippen LogP contribution in [0.1, 0.15) is 0 Å². The first kappa shape index (κ1) is 6.07. The first-order chi connectivity index (χ1) is 3.70. The van der Waals surface area contributed by atoms with E-state index < -0.39 is 0 Å². The maximum absolute atomic E-state index is 12.3. The molecule has 0 N–H and O–H groups in total. The van der Waals surface area contributed by atoms with Crippen LogP contribution >= 0.6 is 22.6 Å². The summed E-state index contributed by atoms with van der Waals surface area (Å²) in [7, 11) is 1.68. The van der Waals surface area contributed by atoms with Crippen molar-refractivity contribution in [3.63, 3.8) is 0 Å². The van der Waals surface area contributed by atoms with Crippen molar-refractivity contribution >= 4 is 22.6 Å². The molecule has 44 valence electrons. The lowest BCUT2D eigenvalue weighted by Gasteiger charge is -1.85. The van der Waals surface area contributed by atoms with E-state index in [-0.39, 0.29) is 5.95 Å². The Balaban J connectivity index is 3.14. The maximum atomic E-state index is 12.3. The van der Waals surface area contributed by atoms with E-state index in [2.05, 4.69) is 22.6 Å². The summed E-state index contributed by atoms with van der Waals surface area (Å²) in [5, 5.41) is 0. The lowest BCUT2D eigenvalue weighted by molar-refractivity contribution is 0.535. The maximum Gasteiger partial charge on any atom is 0.194 e. The van der Waals surface area contributed by atoms with Crippen LogP contribution in [-0.2, 0) is 7.05 Å². The molecule has 8 heavy (non-hydrogen) atoms. The van der Waals surface area contributed by atoms with Crippen molar-refractivity contribution < 1.29 is 4.39 Å². The van der Waals surface area contributed by atoms with Crippen LogP contribution in [0.5, 0.6) is 0 Å². The van der Waals surface area contributed by atoms with Gasteiger partial charge in [0.25, 0.3) is 0 Å². The SMILES string of the molecule is Cn1cc(I)cc1F. The minimum absolute atomic E-state index is 0.186. The monoisotopic (exact) mass is 225 g/mol. The molecule has 0 aliphatic heterocycles. The molecule has 1 nitrogen and oxygen atoms in total. The highest BCUT2D eigenvalue weighted by Gasteiger charge is 1.95. The molecule has 0 amide bonds. The van der Waals surface area contributed by atoms with Gasteiger partial charge in [0.2, 0.25) is 0 Å². The van der Waals surface area contributed by atoms with Gasteiger partial charge in [-0.05, 0) is 22.6 Å². The van der Waals surface area contributed by atoms with Gasteiger partial charge < -0.3 is 4.57 Å². The summed E-state index contributed by atoms with van der Waals surface area (Å²) >= 11 is 2.07. The Bertz CT molecular complexity index is 175. The zero-order chi connectivity index (χ0) is 6.15. The number of aryl methyl sites for hydroxylation is 1. The minimum atomic E-state index is -0.186. The largest absolute Gasteiger partial charge is 0.327 e. The molecule has 1 heterocycles. The highest BCUT2D eigenvalue weighted by atomic mass is 127. The normalized spacial score (nSPS) is 9.88. The van der Waals surface area contributed by atoms with Crippen molar-refractivity contribution in [3.8, 4) is 0 Å². The van der Waals surface area contributed by atoms with Gasteiger partial charge in [-0.1, -0.05) is 0 Å². The molecule has 0 aromatic carbocycles. The number of hydrogen-bond donors (Lipinski definition) is 0. The van der Waals surface area contributed by atoms with Gasteiger partial charge in [0.1, 0.15) is 0 Å². The molecule has 0 spiro atoms. The second-order valence-electron chi connectivity index (χ2n) is 1.59. The minimum Gasteiger partial charge on any atom is -0.327 e. The third-order valence-electron chi connectivity index (χ3n) is 0.911. The molecule has 1 aromatic heterocycles. The predicted molar refractivity (Wildman–Crippen MR) is 38.1 cm³/mol. The van der Waals surface area contributed by atoms with E-state index in [1.807, 2.05) is 0 Å². The van der Waals surface area contributed by atoms with E-state index in [0.29, 0.717) is 0 Å². The third-order valence-corrected chi connectivity index (χ3v) is 1.50. The average molecular weight is 225 g/mol. The Morgan fingerprint density at radius 2 is 2.38 bits per heavy atom. The van der Waals surface area contributed by atoms with Gasteiger partial charge in [-0.3, -0.25) is 0 Å². The summed E-state index contributed by atoms with van der Waals surface area (Å²) in [5.41, 5.74) is 0. The third kappa shape index (κ3) is 1.02. The molecular formula is C5H5FIN. The number of rotatable bonds is 0. The highest BCUT2D eigenvalue weighted by Crippen LogP contribution is 2.06. The first-order valence-corrected chi connectivity index (χ1v) is 3.25. The molecule has 0 saturated carbocycles. The number of halogens is 2. The molecule has 0 saturated heterocycles. The fraction of sp³-hybridized carbons (Fsp3) is 0.200. The molecular weight excluding hydrogens is 220 g/mol. The molecule has 1 rings (SSSR count). The van der Waals surface area contributed by atoms with Crippen molar-refractivity contribution in [3.05, 3.63) is 21.8 Å². The molecule has 0 unspecified atom stereocenters. The van der Waals surface area contributed by atoms with E-state index in [9.17, 15) is 4.39 Å². The van der Waals surface area contributed by atoms with Crippen LogP contribution in [0.4, 0.5) is 4.39 Å². The Hall–Kier alpha value is -0.0600. The van der Waals surface area contributed by atoms with E-state index >= 15 is 0 Å². The van der Waals surface area contributed by atoms with Crippen LogP contribution in [0.2, 0.25) is 0 Å². The standard InChI is InChI=1S/C5H5FIN/c1-8-3-4(7)2-5(8)6/h2-3H,1H3. The second-order valence-corrected chi connectivity index (χ2v) is 2.84. The van der Waals surface area contributed by atoms with Crippen molar-refractivity contribution in [1.82, 2.24) is 4.57 Å². The molecule has 0 atom stereocenters. The van der Waals surface area contributed by atoms with Gasteiger partial charge in [-0.2, -0.15) is 4.39 Å². The topological polar surface area (TPSA) is 4.93 Å². The van der Waals surface area contributed by atoms with Crippen molar-refractivity contribution in [2.45, 2.75) is 0 Å². The van der Waals surface area contributed by atoms with Crippen LogP contribution in [0.25, 0.3) is 0 Å². The molecule has 0 radical (unpaired) electrons. The summed E-state index contributed by atoms with van der Waals surface area (Å²) < 4.78 is 14.7. The lowest BCUT2D eigenvalue weighted by atomic mass is 10.7. The summed E-state index contributed by atoms with van der Waals surface area (Å²) in [5.74, 6) is -0.186. The van der Waals surface area contributed by atoms with Crippen LogP contribution in [0.3, 0.4) is 0 Å². The lowest BCUT2D eigenvalue weighted by Crippen LogP contribution is -1.86. The summed E-state index contributed by atoms with van der Waals surface area (Å²) in [6, 6.07) is 1.49. The van der Waals surface area contributed by atoms with Gasteiger partial charge in [0.05, 0.1) is 0 Å². The molecule has 0 aliphatic rings. The van der Waals surface area contributed by atoms with E-state index in [1.54, 1.807) is 13.2 Å². The Morgan fingerprint density at radius 1 is 1.75 bits per heavy atom. The first-order valence-electron chi connectivity index (χ1n) is 2.17. The van der Waals surface area contributed by atoms with Crippen LogP contribution in [0, 0.1) is 9.52 Å². The molecule has 3 heteroatoms. The Morgan fingerprint density at radius 3 is 2.50 bits per heavy atom. The second kappa shape index (κ2) is 2.05. The van der Waals surface area contributed by atoms with Crippen molar-refractivity contribution in [1.29, 1.82) is 0 Å². The van der Waals surface area contributed by atoms with E-state index in [1.165, 1.54) is 10.6 Å².